The molecule has 0 aromatic heterocycles. The highest BCUT2D eigenvalue weighted by Crippen LogP contribution is 2.20. The summed E-state index contributed by atoms with van der Waals surface area (Å²) < 4.78 is 0. The van der Waals surface area contributed by atoms with Crippen molar-refractivity contribution in [3.63, 3.8) is 0 Å². The predicted molar refractivity (Wildman–Crippen MR) is 130 cm³/mol. The second-order valence-electron chi connectivity index (χ2n) is 7.96. The van der Waals surface area contributed by atoms with Gasteiger partial charge in [-0.15, -0.1) is 0 Å². The lowest BCUT2D eigenvalue weighted by Crippen LogP contribution is -2.64. The maximum absolute atomic E-state index is 13.0. The fourth-order valence-electron chi connectivity index (χ4n) is 3.56. The Kier molecular flexibility index (Phi) is 8.54. The van der Waals surface area contributed by atoms with E-state index in [1.54, 1.807) is 0 Å². The molecule has 3 rings (SSSR count). The number of amides is 3. The van der Waals surface area contributed by atoms with Crippen LogP contribution in [0.1, 0.15) is 37.5 Å². The van der Waals surface area contributed by atoms with Crippen molar-refractivity contribution >= 4 is 17.7 Å². The molecule has 7 nitrogen and oxygen atoms in total. The Balaban J connectivity index is 2.09. The molecule has 0 unspecified atom stereocenters. The standard InChI is InChI=1S/C27H30N4O3/c1-22(32)28(19-25-13-7-4-8-14-25)31(29(23(2)33)20-26-15-9-5-10-16-26)30(24(3)34)21-27-17-11-6-12-18-27/h4-18H,19-21H2,1-3H3. The van der Waals surface area contributed by atoms with Crippen LogP contribution in [0.5, 0.6) is 0 Å². The quantitative estimate of drug-likeness (QED) is 0.451. The number of hydrogen-bond donors (Lipinski definition) is 0. The van der Waals surface area contributed by atoms with Crippen molar-refractivity contribution in [1.82, 2.24) is 20.3 Å². The van der Waals surface area contributed by atoms with Gasteiger partial charge in [0.2, 0.25) is 17.7 Å². The molecule has 3 aromatic rings. The number of nitrogens with zero attached hydrogens (tertiary/aromatic N) is 4. The summed E-state index contributed by atoms with van der Waals surface area (Å²) in [5.41, 5.74) is 2.61. The smallest absolute Gasteiger partial charge is 0.236 e. The minimum atomic E-state index is -0.303. The highest BCUT2D eigenvalue weighted by molar-refractivity contribution is 5.77. The molecular weight excluding hydrogens is 428 g/mol. The summed E-state index contributed by atoms with van der Waals surface area (Å²) in [6.45, 7) is 4.85. The van der Waals surface area contributed by atoms with Crippen LogP contribution >= 0.6 is 0 Å². The molecule has 0 fully saturated rings. The molecule has 176 valence electrons. The van der Waals surface area contributed by atoms with Crippen LogP contribution in [-0.2, 0) is 34.0 Å². The van der Waals surface area contributed by atoms with E-state index in [0.717, 1.165) is 16.7 Å². The van der Waals surface area contributed by atoms with Gasteiger partial charge in [-0.3, -0.25) is 14.4 Å². The molecule has 7 heteroatoms. The van der Waals surface area contributed by atoms with Crippen LogP contribution in [0.3, 0.4) is 0 Å². The summed E-state index contributed by atoms with van der Waals surface area (Å²) >= 11 is 0. The molecule has 0 heterocycles. The van der Waals surface area contributed by atoms with Gasteiger partial charge in [-0.1, -0.05) is 91.0 Å². The first-order valence-electron chi connectivity index (χ1n) is 11.1. The van der Waals surface area contributed by atoms with Crippen molar-refractivity contribution in [3.05, 3.63) is 108 Å². The third kappa shape index (κ3) is 6.52. The molecule has 0 aliphatic heterocycles. The second-order valence-corrected chi connectivity index (χ2v) is 7.96. The zero-order valence-electron chi connectivity index (χ0n) is 19.8. The largest absolute Gasteiger partial charge is 0.274 e. The van der Waals surface area contributed by atoms with Gasteiger partial charge >= 0.3 is 0 Å². The Morgan fingerprint density at radius 2 is 0.706 bits per heavy atom. The minimum absolute atomic E-state index is 0.188. The monoisotopic (exact) mass is 458 g/mol. The number of carbonyl (C=O) groups excluding carboxylic acids is 3. The van der Waals surface area contributed by atoms with E-state index in [-0.39, 0.29) is 37.4 Å². The van der Waals surface area contributed by atoms with Crippen molar-refractivity contribution < 1.29 is 14.4 Å². The Labute approximate surface area is 200 Å². The van der Waals surface area contributed by atoms with Gasteiger partial charge in [0.05, 0.1) is 19.6 Å². The van der Waals surface area contributed by atoms with Crippen LogP contribution in [0.15, 0.2) is 91.0 Å². The van der Waals surface area contributed by atoms with E-state index in [9.17, 15) is 14.4 Å². The molecular formula is C27H30N4O3. The summed E-state index contributed by atoms with van der Waals surface area (Å²) in [7, 11) is 0. The maximum atomic E-state index is 13.0. The number of carbonyl (C=O) groups is 3. The lowest BCUT2D eigenvalue weighted by molar-refractivity contribution is -0.286. The average molecular weight is 459 g/mol. The second kappa shape index (κ2) is 11.8. The molecule has 34 heavy (non-hydrogen) atoms. The first kappa shape index (κ1) is 24.7. The molecule has 3 aromatic carbocycles. The van der Waals surface area contributed by atoms with E-state index in [4.69, 9.17) is 0 Å². The van der Waals surface area contributed by atoms with Crippen LogP contribution < -0.4 is 0 Å². The van der Waals surface area contributed by atoms with Crippen molar-refractivity contribution in [2.75, 3.05) is 0 Å². The van der Waals surface area contributed by atoms with Gasteiger partial charge in [0, 0.05) is 20.8 Å². The van der Waals surface area contributed by atoms with Gasteiger partial charge in [0.25, 0.3) is 0 Å². The van der Waals surface area contributed by atoms with Crippen LogP contribution in [0.25, 0.3) is 0 Å². The SMILES string of the molecule is CC(=O)N(Cc1ccccc1)N(N(Cc1ccccc1)C(C)=O)N(Cc1ccccc1)C(C)=O. The van der Waals surface area contributed by atoms with Gasteiger partial charge in [0.1, 0.15) is 0 Å². The lowest BCUT2D eigenvalue weighted by Gasteiger charge is -2.46. The summed E-state index contributed by atoms with van der Waals surface area (Å²) in [4.78, 5) is 38.9. The third-order valence-electron chi connectivity index (χ3n) is 5.26. The first-order valence-corrected chi connectivity index (χ1v) is 11.1. The van der Waals surface area contributed by atoms with Crippen LogP contribution in [0.2, 0.25) is 0 Å². The normalized spacial score (nSPS) is 10.6. The highest BCUT2D eigenvalue weighted by atomic mass is 16.2. The van der Waals surface area contributed by atoms with Crippen molar-refractivity contribution in [1.29, 1.82) is 0 Å². The van der Waals surface area contributed by atoms with Gasteiger partial charge < -0.3 is 0 Å². The molecule has 0 aliphatic rings. The summed E-state index contributed by atoms with van der Waals surface area (Å²) in [5, 5.41) is 5.66. The fourth-order valence-corrected chi connectivity index (χ4v) is 3.56. The number of hydrogen-bond acceptors (Lipinski definition) is 4. The van der Waals surface area contributed by atoms with E-state index in [1.165, 1.54) is 41.0 Å². The highest BCUT2D eigenvalue weighted by Gasteiger charge is 2.34. The Morgan fingerprint density at radius 3 is 0.912 bits per heavy atom. The third-order valence-corrected chi connectivity index (χ3v) is 5.26. The summed E-state index contributed by atoms with van der Waals surface area (Å²) in [6.07, 6.45) is 0. The molecule has 0 saturated heterocycles. The Morgan fingerprint density at radius 1 is 0.471 bits per heavy atom. The van der Waals surface area contributed by atoms with E-state index in [1.807, 2.05) is 91.0 Å². The van der Waals surface area contributed by atoms with Gasteiger partial charge in [-0.05, 0) is 21.9 Å². The zero-order chi connectivity index (χ0) is 24.5. The summed E-state index contributed by atoms with van der Waals surface area (Å²) in [5.74, 6) is -0.910. The Bertz CT molecular complexity index is 949. The minimum Gasteiger partial charge on any atom is -0.274 e. The molecule has 3 amide bonds. The van der Waals surface area contributed by atoms with E-state index < -0.39 is 0 Å². The molecule has 0 radical (unpaired) electrons. The van der Waals surface area contributed by atoms with E-state index in [0.29, 0.717) is 0 Å². The molecule has 0 atom stereocenters. The molecule has 0 N–H and O–H groups in total. The predicted octanol–water partition coefficient (Wildman–Crippen LogP) is 4.18. The number of benzene rings is 3. The van der Waals surface area contributed by atoms with E-state index in [2.05, 4.69) is 0 Å². The van der Waals surface area contributed by atoms with Gasteiger partial charge in [0.15, 0.2) is 0 Å². The topological polar surface area (TPSA) is 64.2 Å². The average Bonchev–Trinajstić information content (AvgIpc) is 2.83. The number of hydrazine groups is 3. The number of rotatable bonds is 9. The summed E-state index contributed by atoms with van der Waals surface area (Å²) in [6, 6.07) is 28.4. The van der Waals surface area contributed by atoms with Crippen molar-refractivity contribution in [2.45, 2.75) is 40.4 Å². The zero-order valence-corrected chi connectivity index (χ0v) is 19.8. The molecule has 0 aliphatic carbocycles. The van der Waals surface area contributed by atoms with Gasteiger partial charge in [-0.25, -0.2) is 15.0 Å². The van der Waals surface area contributed by atoms with Crippen LogP contribution in [-0.4, -0.2) is 38.0 Å². The Hall–Kier alpha value is -3.97. The lowest BCUT2D eigenvalue weighted by atomic mass is 10.2. The van der Waals surface area contributed by atoms with Crippen LogP contribution in [0, 0.1) is 0 Å². The molecule has 0 bridgehead atoms. The first-order chi connectivity index (χ1) is 16.4. The van der Waals surface area contributed by atoms with Crippen molar-refractivity contribution in [3.8, 4) is 0 Å². The van der Waals surface area contributed by atoms with Crippen LogP contribution in [0.4, 0.5) is 0 Å². The van der Waals surface area contributed by atoms with Gasteiger partial charge in [-0.2, -0.15) is 0 Å². The van der Waals surface area contributed by atoms with E-state index >= 15 is 0 Å². The maximum Gasteiger partial charge on any atom is 0.236 e. The molecule has 0 saturated carbocycles. The van der Waals surface area contributed by atoms with Crippen molar-refractivity contribution in [2.24, 2.45) is 0 Å². The fraction of sp³-hybridized carbons (Fsp3) is 0.222. The molecule has 0 spiro atoms.